The molecule has 17 heavy (non-hydrogen) atoms. The molecule has 0 radical (unpaired) electrons. The van der Waals surface area contributed by atoms with E-state index in [0.29, 0.717) is 13.2 Å². The molecule has 0 unspecified atom stereocenters. The summed E-state index contributed by atoms with van der Waals surface area (Å²) in [6.45, 7) is 0.883. The summed E-state index contributed by atoms with van der Waals surface area (Å²) in [5.74, 6) is 0. The number of hydrogen-bond donors (Lipinski definition) is 2. The number of aromatic nitrogens is 2. The third-order valence-corrected chi connectivity index (χ3v) is 2.86. The maximum atomic E-state index is 11.5. The largest absolute Gasteiger partial charge is 0.394 e. The van der Waals surface area contributed by atoms with Gasteiger partial charge >= 0.3 is 0 Å². The molecule has 0 saturated carbocycles. The second kappa shape index (κ2) is 3.71. The van der Waals surface area contributed by atoms with Crippen molar-refractivity contribution < 1.29 is 4.74 Å². The molecule has 0 atom stereocenters. The van der Waals surface area contributed by atoms with E-state index in [1.54, 1.807) is 18.5 Å². The normalized spacial score (nSPS) is 13.6. The van der Waals surface area contributed by atoms with Gasteiger partial charge < -0.3 is 15.5 Å². The van der Waals surface area contributed by atoms with E-state index in [-0.39, 0.29) is 11.2 Å². The van der Waals surface area contributed by atoms with Gasteiger partial charge in [-0.1, -0.05) is 0 Å². The van der Waals surface area contributed by atoms with Crippen molar-refractivity contribution in [3.63, 3.8) is 0 Å². The number of hydrogen-bond acceptors (Lipinski definition) is 4. The highest BCUT2D eigenvalue weighted by Gasteiger charge is 2.16. The van der Waals surface area contributed by atoms with Gasteiger partial charge in [-0.2, -0.15) is 0 Å². The minimum atomic E-state index is -0.278. The van der Waals surface area contributed by atoms with Gasteiger partial charge in [0, 0.05) is 23.5 Å². The molecule has 3 heterocycles. The van der Waals surface area contributed by atoms with Crippen LogP contribution in [0.4, 0.5) is 5.69 Å². The van der Waals surface area contributed by atoms with Crippen molar-refractivity contribution in [2.75, 3.05) is 5.73 Å². The molecule has 0 bridgehead atoms. The average Bonchev–Trinajstić information content (AvgIpc) is 2.50. The summed E-state index contributed by atoms with van der Waals surface area (Å²) >= 11 is 0. The first-order valence-corrected chi connectivity index (χ1v) is 5.28. The zero-order chi connectivity index (χ0) is 11.8. The first kappa shape index (κ1) is 10.0. The Morgan fingerprint density at radius 2 is 2.24 bits per heavy atom. The summed E-state index contributed by atoms with van der Waals surface area (Å²) in [5.41, 5.74) is 9.22. The SMILES string of the molecule is Nc1cc2c([nH]c1=O)COCc1ccncc1-2. The third kappa shape index (κ3) is 1.60. The van der Waals surface area contributed by atoms with Crippen molar-refractivity contribution in [1.29, 1.82) is 0 Å². The summed E-state index contributed by atoms with van der Waals surface area (Å²) in [7, 11) is 0. The lowest BCUT2D eigenvalue weighted by atomic mass is 10.0. The predicted octanol–water partition coefficient (Wildman–Crippen LogP) is 1.05. The van der Waals surface area contributed by atoms with Crippen LogP contribution >= 0.6 is 0 Å². The molecular formula is C12H11N3O2. The van der Waals surface area contributed by atoms with Gasteiger partial charge in [0.15, 0.2) is 0 Å². The van der Waals surface area contributed by atoms with Crippen molar-refractivity contribution in [2.45, 2.75) is 13.2 Å². The molecule has 0 aromatic carbocycles. The quantitative estimate of drug-likeness (QED) is 0.707. The number of fused-ring (bicyclic) bond motifs is 3. The fourth-order valence-electron chi connectivity index (χ4n) is 1.99. The van der Waals surface area contributed by atoms with Crippen LogP contribution in [0.25, 0.3) is 11.1 Å². The maximum absolute atomic E-state index is 11.5. The van der Waals surface area contributed by atoms with E-state index >= 15 is 0 Å². The lowest BCUT2D eigenvalue weighted by Crippen LogP contribution is -2.14. The molecule has 1 aliphatic heterocycles. The highest BCUT2D eigenvalue weighted by Crippen LogP contribution is 2.29. The smallest absolute Gasteiger partial charge is 0.271 e. The Bertz CT molecular complexity index is 634. The van der Waals surface area contributed by atoms with E-state index in [2.05, 4.69) is 9.97 Å². The number of aromatic amines is 1. The van der Waals surface area contributed by atoms with Gasteiger partial charge in [0.1, 0.15) is 0 Å². The van der Waals surface area contributed by atoms with E-state index in [1.165, 1.54) is 0 Å². The second-order valence-corrected chi connectivity index (χ2v) is 3.97. The summed E-state index contributed by atoms with van der Waals surface area (Å²) in [5, 5.41) is 0. The van der Waals surface area contributed by atoms with Crippen LogP contribution in [0, 0.1) is 0 Å². The van der Waals surface area contributed by atoms with Crippen LogP contribution in [-0.2, 0) is 18.0 Å². The number of pyridine rings is 2. The summed E-state index contributed by atoms with van der Waals surface area (Å²) in [6, 6.07) is 3.59. The van der Waals surface area contributed by atoms with Gasteiger partial charge in [-0.15, -0.1) is 0 Å². The van der Waals surface area contributed by atoms with Crippen molar-refractivity contribution in [3.8, 4) is 11.1 Å². The Kier molecular flexibility index (Phi) is 2.19. The molecule has 0 saturated heterocycles. The topological polar surface area (TPSA) is 81.0 Å². The summed E-state index contributed by atoms with van der Waals surface area (Å²) < 4.78 is 5.50. The van der Waals surface area contributed by atoms with Crippen molar-refractivity contribution in [3.05, 3.63) is 46.1 Å². The van der Waals surface area contributed by atoms with Crippen LogP contribution in [0.2, 0.25) is 0 Å². The number of rotatable bonds is 0. The Morgan fingerprint density at radius 3 is 3.12 bits per heavy atom. The first-order valence-electron chi connectivity index (χ1n) is 5.28. The molecule has 0 spiro atoms. The van der Waals surface area contributed by atoms with Gasteiger partial charge in [0.2, 0.25) is 0 Å². The van der Waals surface area contributed by atoms with Gasteiger partial charge in [-0.25, -0.2) is 0 Å². The predicted molar refractivity (Wildman–Crippen MR) is 63.2 cm³/mol. The second-order valence-electron chi connectivity index (χ2n) is 3.97. The van der Waals surface area contributed by atoms with Crippen molar-refractivity contribution in [1.82, 2.24) is 9.97 Å². The molecule has 2 aromatic heterocycles. The fourth-order valence-corrected chi connectivity index (χ4v) is 1.99. The van der Waals surface area contributed by atoms with Crippen LogP contribution in [0.1, 0.15) is 11.3 Å². The highest BCUT2D eigenvalue weighted by molar-refractivity contribution is 5.71. The van der Waals surface area contributed by atoms with Gasteiger partial charge in [-0.05, 0) is 17.7 Å². The molecule has 3 N–H and O–H groups in total. The molecule has 5 heteroatoms. The number of nitrogens with zero attached hydrogens (tertiary/aromatic N) is 1. The minimum Gasteiger partial charge on any atom is -0.394 e. The Labute approximate surface area is 97.3 Å². The van der Waals surface area contributed by atoms with Crippen molar-refractivity contribution >= 4 is 5.69 Å². The molecule has 1 aliphatic rings. The lowest BCUT2D eigenvalue weighted by molar-refractivity contribution is 0.107. The number of nitrogen functional groups attached to an aromatic ring is 1. The zero-order valence-electron chi connectivity index (χ0n) is 9.06. The lowest BCUT2D eigenvalue weighted by Gasteiger charge is -2.07. The molecule has 2 aromatic rings. The van der Waals surface area contributed by atoms with Crippen LogP contribution in [0.3, 0.4) is 0 Å². The van der Waals surface area contributed by atoms with E-state index in [9.17, 15) is 4.79 Å². The maximum Gasteiger partial charge on any atom is 0.271 e. The van der Waals surface area contributed by atoms with Crippen LogP contribution in [0.15, 0.2) is 29.3 Å². The molecule has 0 aliphatic carbocycles. The summed E-state index contributed by atoms with van der Waals surface area (Å²) in [6.07, 6.45) is 3.49. The highest BCUT2D eigenvalue weighted by atomic mass is 16.5. The standard InChI is InChI=1S/C12H11N3O2/c13-10-3-8-9-4-14-2-1-7(9)5-17-6-11(8)15-12(10)16/h1-4H,5-6,13H2,(H,15,16). The van der Waals surface area contributed by atoms with Crippen LogP contribution in [0.5, 0.6) is 0 Å². The molecule has 3 rings (SSSR count). The number of H-pyrrole nitrogens is 1. The molecule has 86 valence electrons. The number of nitrogens with one attached hydrogen (secondary N) is 1. The third-order valence-electron chi connectivity index (χ3n) is 2.86. The molecule has 5 nitrogen and oxygen atoms in total. The monoisotopic (exact) mass is 229 g/mol. The van der Waals surface area contributed by atoms with Gasteiger partial charge in [-0.3, -0.25) is 9.78 Å². The number of nitrogens with two attached hydrogens (primary N) is 1. The van der Waals surface area contributed by atoms with Gasteiger partial charge in [0.25, 0.3) is 5.56 Å². The van der Waals surface area contributed by atoms with E-state index in [0.717, 1.165) is 22.4 Å². The van der Waals surface area contributed by atoms with E-state index < -0.39 is 0 Å². The van der Waals surface area contributed by atoms with E-state index in [4.69, 9.17) is 10.5 Å². The Hall–Kier alpha value is -2.14. The molecular weight excluding hydrogens is 218 g/mol. The fraction of sp³-hybridized carbons (Fsp3) is 0.167. The van der Waals surface area contributed by atoms with Crippen LogP contribution in [-0.4, -0.2) is 9.97 Å². The van der Waals surface area contributed by atoms with E-state index in [1.807, 2.05) is 6.07 Å². The van der Waals surface area contributed by atoms with Crippen LogP contribution < -0.4 is 11.3 Å². The summed E-state index contributed by atoms with van der Waals surface area (Å²) in [4.78, 5) is 18.3. The van der Waals surface area contributed by atoms with Crippen molar-refractivity contribution in [2.24, 2.45) is 0 Å². The Morgan fingerprint density at radius 1 is 1.35 bits per heavy atom. The average molecular weight is 229 g/mol. The zero-order valence-corrected chi connectivity index (χ0v) is 9.06. The molecule has 0 amide bonds. The number of ether oxygens (including phenoxy) is 1. The number of anilines is 1. The first-order chi connectivity index (χ1) is 8.25. The Balaban J connectivity index is 2.32. The minimum absolute atomic E-state index is 0.209. The molecule has 0 fully saturated rings. The van der Waals surface area contributed by atoms with Gasteiger partial charge in [0.05, 0.1) is 24.6 Å².